The van der Waals surface area contributed by atoms with Crippen LogP contribution in [0.15, 0.2) is 36.4 Å². The van der Waals surface area contributed by atoms with E-state index in [1.807, 2.05) is 32.0 Å². The number of halogens is 2. The van der Waals surface area contributed by atoms with Crippen LogP contribution >= 0.6 is 23.2 Å². The first-order chi connectivity index (χ1) is 8.50. The van der Waals surface area contributed by atoms with Crippen molar-refractivity contribution in [3.8, 4) is 0 Å². The second-order valence-electron chi connectivity index (χ2n) is 4.22. The lowest BCUT2D eigenvalue weighted by atomic mass is 9.95. The van der Waals surface area contributed by atoms with Crippen molar-refractivity contribution in [2.75, 3.05) is 0 Å². The molecule has 2 rings (SSSR count). The molecule has 0 aromatic heterocycles. The van der Waals surface area contributed by atoms with Crippen molar-refractivity contribution in [1.29, 1.82) is 0 Å². The summed E-state index contributed by atoms with van der Waals surface area (Å²) in [7, 11) is 0. The number of aryl methyl sites for hydroxylation is 2. The van der Waals surface area contributed by atoms with Gasteiger partial charge in [-0.05, 0) is 43.2 Å². The number of ketones is 1. The monoisotopic (exact) mass is 278 g/mol. The number of hydrogen-bond donors (Lipinski definition) is 0. The van der Waals surface area contributed by atoms with Gasteiger partial charge in [-0.25, -0.2) is 0 Å². The van der Waals surface area contributed by atoms with Gasteiger partial charge in [0.1, 0.15) is 0 Å². The summed E-state index contributed by atoms with van der Waals surface area (Å²) in [6.45, 7) is 3.83. The molecule has 18 heavy (non-hydrogen) atoms. The molecule has 1 nitrogen and oxygen atoms in total. The first kappa shape index (κ1) is 13.1. The molecule has 0 saturated carbocycles. The zero-order chi connectivity index (χ0) is 13.3. The van der Waals surface area contributed by atoms with E-state index in [0.717, 1.165) is 11.1 Å². The molecule has 0 aliphatic carbocycles. The minimum Gasteiger partial charge on any atom is -0.289 e. The van der Waals surface area contributed by atoms with Crippen LogP contribution in [-0.2, 0) is 0 Å². The average Bonchev–Trinajstić information content (AvgIpc) is 2.32. The zero-order valence-corrected chi connectivity index (χ0v) is 11.6. The van der Waals surface area contributed by atoms with E-state index in [4.69, 9.17) is 23.2 Å². The third-order valence-corrected chi connectivity index (χ3v) is 3.45. The second-order valence-corrected chi connectivity index (χ2v) is 5.06. The lowest BCUT2D eigenvalue weighted by molar-refractivity contribution is 0.103. The highest BCUT2D eigenvalue weighted by Gasteiger charge is 2.17. The van der Waals surface area contributed by atoms with Gasteiger partial charge in [0, 0.05) is 16.1 Å². The van der Waals surface area contributed by atoms with Gasteiger partial charge in [-0.3, -0.25) is 4.79 Å². The Hall–Kier alpha value is -1.31. The van der Waals surface area contributed by atoms with Crippen LogP contribution in [-0.4, -0.2) is 5.78 Å². The summed E-state index contributed by atoms with van der Waals surface area (Å²) in [6, 6.07) is 10.7. The Balaban J connectivity index is 2.58. The Morgan fingerprint density at radius 2 is 1.61 bits per heavy atom. The summed E-state index contributed by atoms with van der Waals surface area (Å²) >= 11 is 12.0. The largest absolute Gasteiger partial charge is 0.289 e. The Bertz CT molecular complexity index is 598. The molecule has 0 aliphatic rings. The van der Waals surface area contributed by atoms with Crippen LogP contribution in [0.3, 0.4) is 0 Å². The van der Waals surface area contributed by atoms with E-state index < -0.39 is 0 Å². The Labute approximate surface area is 116 Å². The fourth-order valence-electron chi connectivity index (χ4n) is 1.98. The molecular formula is C15H12Cl2O. The molecule has 3 heteroatoms. The highest BCUT2D eigenvalue weighted by atomic mass is 35.5. The summed E-state index contributed by atoms with van der Waals surface area (Å²) in [4.78, 5) is 12.5. The topological polar surface area (TPSA) is 17.1 Å². The minimum atomic E-state index is -0.0851. The van der Waals surface area contributed by atoms with Crippen LogP contribution in [0, 0.1) is 13.8 Å². The van der Waals surface area contributed by atoms with Gasteiger partial charge in [0.05, 0.1) is 5.02 Å². The Morgan fingerprint density at radius 3 is 2.22 bits per heavy atom. The van der Waals surface area contributed by atoms with E-state index in [2.05, 4.69) is 0 Å². The van der Waals surface area contributed by atoms with E-state index in [0.29, 0.717) is 21.2 Å². The minimum absolute atomic E-state index is 0.0851. The molecule has 92 valence electrons. The predicted octanol–water partition coefficient (Wildman–Crippen LogP) is 4.84. The van der Waals surface area contributed by atoms with E-state index >= 15 is 0 Å². The molecule has 0 fully saturated rings. The standard InChI is InChI=1S/C15H12Cl2O/c1-9-4-3-5-10(2)14(9)15(18)12-8-11(16)6-7-13(12)17/h3-8H,1-2H3. The molecule has 0 N–H and O–H groups in total. The van der Waals surface area contributed by atoms with Gasteiger partial charge >= 0.3 is 0 Å². The number of carbonyl (C=O) groups excluding carboxylic acids is 1. The summed E-state index contributed by atoms with van der Waals surface area (Å²) < 4.78 is 0. The highest BCUT2D eigenvalue weighted by molar-refractivity contribution is 6.36. The summed E-state index contributed by atoms with van der Waals surface area (Å²) in [5.74, 6) is -0.0851. The lowest BCUT2D eigenvalue weighted by Crippen LogP contribution is -2.06. The van der Waals surface area contributed by atoms with Crippen molar-refractivity contribution < 1.29 is 4.79 Å². The quantitative estimate of drug-likeness (QED) is 0.719. The number of carbonyl (C=O) groups is 1. The average molecular weight is 279 g/mol. The van der Waals surface area contributed by atoms with Gasteiger partial charge in [0.2, 0.25) is 0 Å². The second kappa shape index (κ2) is 5.13. The normalized spacial score (nSPS) is 10.4. The summed E-state index contributed by atoms with van der Waals surface area (Å²) in [6.07, 6.45) is 0. The fraction of sp³-hybridized carbons (Fsp3) is 0.133. The van der Waals surface area contributed by atoms with Gasteiger partial charge in [-0.1, -0.05) is 41.4 Å². The van der Waals surface area contributed by atoms with Crippen LogP contribution < -0.4 is 0 Å². The van der Waals surface area contributed by atoms with Crippen molar-refractivity contribution >= 4 is 29.0 Å². The molecule has 2 aromatic carbocycles. The molecular weight excluding hydrogens is 267 g/mol. The number of benzene rings is 2. The fourth-order valence-corrected chi connectivity index (χ4v) is 2.35. The van der Waals surface area contributed by atoms with Crippen LogP contribution in [0.5, 0.6) is 0 Å². The third kappa shape index (κ3) is 2.43. The summed E-state index contributed by atoms with van der Waals surface area (Å²) in [5, 5.41) is 0.932. The van der Waals surface area contributed by atoms with Crippen LogP contribution in [0.1, 0.15) is 27.0 Å². The van der Waals surface area contributed by atoms with E-state index in [-0.39, 0.29) is 5.78 Å². The molecule has 2 aromatic rings. The Morgan fingerprint density at radius 1 is 1.00 bits per heavy atom. The maximum absolute atomic E-state index is 12.5. The molecule has 0 bridgehead atoms. The van der Waals surface area contributed by atoms with Crippen molar-refractivity contribution in [2.24, 2.45) is 0 Å². The third-order valence-electron chi connectivity index (χ3n) is 2.88. The zero-order valence-electron chi connectivity index (χ0n) is 10.1. The first-order valence-corrected chi connectivity index (χ1v) is 6.32. The van der Waals surface area contributed by atoms with Crippen molar-refractivity contribution in [2.45, 2.75) is 13.8 Å². The van der Waals surface area contributed by atoms with Gasteiger partial charge < -0.3 is 0 Å². The van der Waals surface area contributed by atoms with E-state index in [9.17, 15) is 4.79 Å². The molecule has 0 amide bonds. The summed E-state index contributed by atoms with van der Waals surface area (Å²) in [5.41, 5.74) is 3.02. The molecule has 0 spiro atoms. The molecule has 0 radical (unpaired) electrons. The Kier molecular flexibility index (Phi) is 3.74. The highest BCUT2D eigenvalue weighted by Crippen LogP contribution is 2.25. The molecule has 0 heterocycles. The van der Waals surface area contributed by atoms with Crippen LogP contribution in [0.25, 0.3) is 0 Å². The molecule has 0 saturated heterocycles. The van der Waals surface area contributed by atoms with Crippen molar-refractivity contribution in [1.82, 2.24) is 0 Å². The maximum atomic E-state index is 12.5. The smallest absolute Gasteiger partial charge is 0.195 e. The van der Waals surface area contributed by atoms with Gasteiger partial charge in [-0.2, -0.15) is 0 Å². The van der Waals surface area contributed by atoms with Crippen LogP contribution in [0.2, 0.25) is 10.0 Å². The maximum Gasteiger partial charge on any atom is 0.195 e. The number of rotatable bonds is 2. The van der Waals surface area contributed by atoms with Crippen molar-refractivity contribution in [3.63, 3.8) is 0 Å². The molecule has 0 unspecified atom stereocenters. The van der Waals surface area contributed by atoms with Crippen LogP contribution in [0.4, 0.5) is 0 Å². The van der Waals surface area contributed by atoms with E-state index in [1.165, 1.54) is 0 Å². The predicted molar refractivity (Wildman–Crippen MR) is 75.8 cm³/mol. The molecule has 0 aliphatic heterocycles. The first-order valence-electron chi connectivity index (χ1n) is 5.56. The van der Waals surface area contributed by atoms with Gasteiger partial charge in [0.15, 0.2) is 5.78 Å². The number of hydrogen-bond acceptors (Lipinski definition) is 1. The lowest BCUT2D eigenvalue weighted by Gasteiger charge is -2.10. The van der Waals surface area contributed by atoms with Crippen molar-refractivity contribution in [3.05, 3.63) is 68.7 Å². The van der Waals surface area contributed by atoms with E-state index in [1.54, 1.807) is 18.2 Å². The van der Waals surface area contributed by atoms with Gasteiger partial charge in [0.25, 0.3) is 0 Å². The molecule has 0 atom stereocenters. The van der Waals surface area contributed by atoms with Gasteiger partial charge in [-0.15, -0.1) is 0 Å². The SMILES string of the molecule is Cc1cccc(C)c1C(=O)c1cc(Cl)ccc1Cl.